The third kappa shape index (κ3) is 3.51. The summed E-state index contributed by atoms with van der Waals surface area (Å²) in [7, 11) is 2.92. The number of aromatic nitrogens is 1. The molecule has 0 bridgehead atoms. The van der Waals surface area contributed by atoms with Crippen LogP contribution in [-0.4, -0.2) is 36.1 Å². The minimum Gasteiger partial charge on any atom is -0.465 e. The molecule has 1 aromatic carbocycles. The first-order valence-electron chi connectivity index (χ1n) is 7.95. The summed E-state index contributed by atoms with van der Waals surface area (Å²) in [6.45, 7) is 1.85. The molecule has 0 saturated carbocycles. The van der Waals surface area contributed by atoms with Crippen LogP contribution in [-0.2, 0) is 11.3 Å². The summed E-state index contributed by atoms with van der Waals surface area (Å²) >= 11 is 0. The van der Waals surface area contributed by atoms with Gasteiger partial charge in [-0.05, 0) is 13.0 Å². The van der Waals surface area contributed by atoms with E-state index in [2.05, 4.69) is 5.16 Å². The predicted octanol–water partition coefficient (Wildman–Crippen LogP) is 3.30. The molecule has 0 atom stereocenters. The van der Waals surface area contributed by atoms with E-state index in [0.717, 1.165) is 5.56 Å². The number of carbonyl (C=O) groups excluding carboxylic acids is 2. The molecule has 2 aromatic heterocycles. The Morgan fingerprint density at radius 2 is 1.92 bits per heavy atom. The zero-order valence-electron chi connectivity index (χ0n) is 14.7. The van der Waals surface area contributed by atoms with Crippen LogP contribution in [0.2, 0.25) is 0 Å². The van der Waals surface area contributed by atoms with Crippen LogP contribution in [0.5, 0.6) is 0 Å². The number of hydrogen-bond donors (Lipinski definition) is 0. The molecule has 2 heterocycles. The Morgan fingerprint density at radius 3 is 2.62 bits per heavy atom. The monoisotopic (exact) mass is 354 g/mol. The van der Waals surface area contributed by atoms with E-state index in [-0.39, 0.29) is 18.1 Å². The second-order valence-electron chi connectivity index (χ2n) is 5.78. The Labute approximate surface area is 150 Å². The number of rotatable bonds is 5. The lowest BCUT2D eigenvalue weighted by atomic mass is 10.1. The molecule has 0 fully saturated rings. The van der Waals surface area contributed by atoms with Crippen LogP contribution >= 0.6 is 0 Å². The van der Waals surface area contributed by atoms with Crippen LogP contribution in [0.15, 0.2) is 51.4 Å². The van der Waals surface area contributed by atoms with Gasteiger partial charge in [-0.2, -0.15) is 0 Å². The van der Waals surface area contributed by atoms with Gasteiger partial charge >= 0.3 is 5.97 Å². The number of benzene rings is 1. The maximum absolute atomic E-state index is 12.5. The topological polar surface area (TPSA) is 85.8 Å². The highest BCUT2D eigenvalue weighted by atomic mass is 16.5. The molecule has 7 heteroatoms. The van der Waals surface area contributed by atoms with Crippen molar-refractivity contribution in [1.82, 2.24) is 10.1 Å². The second kappa shape index (κ2) is 7.26. The molecule has 26 heavy (non-hydrogen) atoms. The van der Waals surface area contributed by atoms with Gasteiger partial charge < -0.3 is 18.6 Å². The van der Waals surface area contributed by atoms with Crippen LogP contribution in [0, 0.1) is 6.92 Å². The van der Waals surface area contributed by atoms with E-state index in [9.17, 15) is 9.59 Å². The van der Waals surface area contributed by atoms with Crippen molar-refractivity contribution in [3.8, 4) is 11.3 Å². The average molecular weight is 354 g/mol. The molecular formula is C19H18N2O5. The lowest BCUT2D eigenvalue weighted by Gasteiger charge is -2.13. The minimum absolute atomic E-state index is 0.185. The normalized spacial score (nSPS) is 10.6. The second-order valence-corrected chi connectivity index (χ2v) is 5.78. The number of carbonyl (C=O) groups is 2. The molecule has 7 nitrogen and oxygen atoms in total. The van der Waals surface area contributed by atoms with Crippen molar-refractivity contribution in [2.24, 2.45) is 0 Å². The van der Waals surface area contributed by atoms with Crippen LogP contribution in [0.25, 0.3) is 11.3 Å². The molecule has 0 aliphatic heterocycles. The van der Waals surface area contributed by atoms with E-state index in [1.807, 2.05) is 30.3 Å². The molecule has 3 rings (SSSR count). The van der Waals surface area contributed by atoms with Gasteiger partial charge in [0.15, 0.2) is 11.5 Å². The van der Waals surface area contributed by atoms with Crippen LogP contribution < -0.4 is 0 Å². The summed E-state index contributed by atoms with van der Waals surface area (Å²) in [5, 5.41) is 3.85. The Balaban J connectivity index is 1.73. The average Bonchev–Trinajstić information content (AvgIpc) is 3.28. The summed E-state index contributed by atoms with van der Waals surface area (Å²) in [5.41, 5.74) is 1.38. The van der Waals surface area contributed by atoms with E-state index in [1.165, 1.54) is 12.0 Å². The first-order chi connectivity index (χ1) is 12.5. The fraction of sp³-hybridized carbons (Fsp3) is 0.211. The molecule has 0 N–H and O–H groups in total. The molecule has 3 aromatic rings. The Bertz CT molecular complexity index is 927. The van der Waals surface area contributed by atoms with E-state index in [0.29, 0.717) is 22.8 Å². The first-order valence-corrected chi connectivity index (χ1v) is 7.95. The smallest absolute Gasteiger partial charge is 0.341 e. The van der Waals surface area contributed by atoms with E-state index in [4.69, 9.17) is 13.7 Å². The number of ether oxygens (including phenoxy) is 1. The predicted molar refractivity (Wildman–Crippen MR) is 92.5 cm³/mol. The lowest BCUT2D eigenvalue weighted by molar-refractivity contribution is 0.0598. The van der Waals surface area contributed by atoms with Gasteiger partial charge in [0.25, 0.3) is 5.91 Å². The van der Waals surface area contributed by atoms with Gasteiger partial charge in [0.2, 0.25) is 0 Å². The van der Waals surface area contributed by atoms with Crippen LogP contribution in [0.3, 0.4) is 0 Å². The van der Waals surface area contributed by atoms with Crippen molar-refractivity contribution in [2.75, 3.05) is 14.2 Å². The number of amides is 1. The van der Waals surface area contributed by atoms with Gasteiger partial charge in [0.05, 0.1) is 13.7 Å². The zero-order chi connectivity index (χ0) is 18.7. The highest BCUT2D eigenvalue weighted by Crippen LogP contribution is 2.21. The van der Waals surface area contributed by atoms with Crippen molar-refractivity contribution in [3.05, 3.63) is 65.2 Å². The molecule has 0 aliphatic rings. The van der Waals surface area contributed by atoms with Crippen molar-refractivity contribution in [2.45, 2.75) is 13.5 Å². The first kappa shape index (κ1) is 17.5. The summed E-state index contributed by atoms with van der Waals surface area (Å²) in [4.78, 5) is 25.6. The van der Waals surface area contributed by atoms with Gasteiger partial charge in [-0.3, -0.25) is 4.79 Å². The molecule has 0 unspecified atom stereocenters. The van der Waals surface area contributed by atoms with Crippen molar-refractivity contribution >= 4 is 11.9 Å². The van der Waals surface area contributed by atoms with Gasteiger partial charge in [0, 0.05) is 18.7 Å². The van der Waals surface area contributed by atoms with Crippen molar-refractivity contribution < 1.29 is 23.3 Å². The fourth-order valence-corrected chi connectivity index (χ4v) is 2.55. The standard InChI is InChI=1S/C19H18N2O5/c1-12-15(19(23)24-3)9-14(25-12)11-21(2)18(22)16-10-17(26-20-16)13-7-5-4-6-8-13/h4-10H,11H2,1-3H3. The van der Waals surface area contributed by atoms with E-state index < -0.39 is 5.97 Å². The van der Waals surface area contributed by atoms with E-state index >= 15 is 0 Å². The maximum Gasteiger partial charge on any atom is 0.341 e. The quantitative estimate of drug-likeness (QED) is 0.654. The van der Waals surface area contributed by atoms with Gasteiger partial charge in [-0.15, -0.1) is 0 Å². The number of furan rings is 1. The maximum atomic E-state index is 12.5. The number of esters is 1. The highest BCUT2D eigenvalue weighted by Gasteiger charge is 2.21. The molecular weight excluding hydrogens is 336 g/mol. The fourth-order valence-electron chi connectivity index (χ4n) is 2.55. The van der Waals surface area contributed by atoms with Gasteiger partial charge in [-0.25, -0.2) is 4.79 Å². The zero-order valence-corrected chi connectivity index (χ0v) is 14.7. The minimum atomic E-state index is -0.476. The number of nitrogens with zero attached hydrogens (tertiary/aromatic N) is 2. The summed E-state index contributed by atoms with van der Waals surface area (Å²) in [5.74, 6) is 0.648. The molecule has 1 amide bonds. The number of hydrogen-bond acceptors (Lipinski definition) is 6. The molecule has 0 spiro atoms. The third-order valence-corrected chi connectivity index (χ3v) is 3.90. The molecule has 0 radical (unpaired) electrons. The number of methoxy groups -OCH3 is 1. The van der Waals surface area contributed by atoms with Crippen LogP contribution in [0.4, 0.5) is 0 Å². The number of aryl methyl sites for hydroxylation is 1. The van der Waals surface area contributed by atoms with Crippen LogP contribution in [0.1, 0.15) is 32.4 Å². The lowest BCUT2D eigenvalue weighted by Crippen LogP contribution is -2.26. The summed E-state index contributed by atoms with van der Waals surface area (Å²) in [6.07, 6.45) is 0. The Kier molecular flexibility index (Phi) is 4.88. The molecule has 134 valence electrons. The van der Waals surface area contributed by atoms with Gasteiger partial charge in [0.1, 0.15) is 17.1 Å². The summed E-state index contributed by atoms with van der Waals surface area (Å²) in [6, 6.07) is 12.6. The van der Waals surface area contributed by atoms with Gasteiger partial charge in [-0.1, -0.05) is 35.5 Å². The highest BCUT2D eigenvalue weighted by molar-refractivity contribution is 5.93. The van der Waals surface area contributed by atoms with Crippen molar-refractivity contribution in [3.63, 3.8) is 0 Å². The summed E-state index contributed by atoms with van der Waals surface area (Å²) < 4.78 is 15.5. The van der Waals surface area contributed by atoms with E-state index in [1.54, 1.807) is 26.1 Å². The largest absolute Gasteiger partial charge is 0.465 e. The third-order valence-electron chi connectivity index (χ3n) is 3.90. The molecule has 0 aliphatic carbocycles. The Morgan fingerprint density at radius 1 is 1.19 bits per heavy atom. The van der Waals surface area contributed by atoms with Crippen molar-refractivity contribution in [1.29, 1.82) is 0 Å². The Hall–Kier alpha value is -3.35. The molecule has 0 saturated heterocycles. The SMILES string of the molecule is COC(=O)c1cc(CN(C)C(=O)c2cc(-c3ccccc3)on2)oc1C.